The first-order valence-electron chi connectivity index (χ1n) is 3.87. The first-order chi connectivity index (χ1) is 6.95. The topological polar surface area (TPSA) is 83.5 Å². The summed E-state index contributed by atoms with van der Waals surface area (Å²) in [4.78, 5) is 10.8. The van der Waals surface area contributed by atoms with Crippen molar-refractivity contribution in [2.24, 2.45) is 0 Å². The third-order valence-electron chi connectivity index (χ3n) is 1.56. The van der Waals surface area contributed by atoms with Gasteiger partial charge in [-0.3, -0.25) is 9.35 Å². The minimum absolute atomic E-state index is 0.0849. The van der Waals surface area contributed by atoms with Crippen LogP contribution in [0.15, 0.2) is 29.2 Å². The summed E-state index contributed by atoms with van der Waals surface area (Å²) in [6.45, 7) is 0. The molecule has 0 radical (unpaired) electrons. The van der Waals surface area contributed by atoms with Crippen molar-refractivity contribution in [1.82, 2.24) is 0 Å². The smallest absolute Gasteiger partial charge is 0.296 e. The molecule has 0 atom stereocenters. The second-order valence-corrected chi connectivity index (χ2v) is 4.81. The van der Waals surface area contributed by atoms with Gasteiger partial charge in [-0.2, -0.15) is 8.42 Å². The predicted molar refractivity (Wildman–Crippen MR) is 63.8 cm³/mol. The van der Waals surface area contributed by atoms with Gasteiger partial charge in [0.15, 0.2) is 0 Å². The Kier molecular flexibility index (Phi) is 4.05. The van der Waals surface area contributed by atoms with Gasteiger partial charge in [0.2, 0.25) is 5.91 Å². The molecule has 0 bridgehead atoms. The van der Waals surface area contributed by atoms with E-state index in [1.807, 2.05) is 22.6 Å². The molecular formula is C8H8INO4S. The van der Waals surface area contributed by atoms with E-state index in [1.165, 1.54) is 18.2 Å². The van der Waals surface area contributed by atoms with E-state index < -0.39 is 10.1 Å². The number of nitrogens with one attached hydrogen (secondary N) is 1. The lowest BCUT2D eigenvalue weighted by Gasteiger charge is -2.07. The van der Waals surface area contributed by atoms with Crippen molar-refractivity contribution in [3.63, 3.8) is 0 Å². The second kappa shape index (κ2) is 4.90. The molecule has 0 saturated heterocycles. The second-order valence-electron chi connectivity index (χ2n) is 2.65. The Bertz CT molecular complexity index is 471. The lowest BCUT2D eigenvalue weighted by molar-refractivity contribution is -0.113. The summed E-state index contributed by atoms with van der Waals surface area (Å²) in [5.74, 6) is -0.327. The Morgan fingerprint density at radius 3 is 2.53 bits per heavy atom. The molecule has 0 aromatic heterocycles. The third-order valence-corrected chi connectivity index (χ3v) is 3.17. The molecule has 0 aliphatic heterocycles. The van der Waals surface area contributed by atoms with Crippen LogP contribution in [-0.2, 0) is 14.9 Å². The molecule has 0 aliphatic carbocycles. The van der Waals surface area contributed by atoms with Gasteiger partial charge in [-0.15, -0.1) is 0 Å². The Morgan fingerprint density at radius 2 is 2.00 bits per heavy atom. The van der Waals surface area contributed by atoms with E-state index in [9.17, 15) is 13.2 Å². The summed E-state index contributed by atoms with van der Waals surface area (Å²) >= 11 is 1.85. The predicted octanol–water partition coefficient (Wildman–Crippen LogP) is 1.31. The molecule has 1 aromatic carbocycles. The van der Waals surface area contributed by atoms with Crippen LogP contribution in [0.4, 0.5) is 5.69 Å². The number of carbonyl (C=O) groups is 1. The molecule has 0 spiro atoms. The highest BCUT2D eigenvalue weighted by Gasteiger charge is 2.15. The van der Waals surface area contributed by atoms with Crippen LogP contribution in [-0.4, -0.2) is 23.3 Å². The molecule has 0 saturated carbocycles. The van der Waals surface area contributed by atoms with Crippen molar-refractivity contribution in [1.29, 1.82) is 0 Å². The summed E-state index contributed by atoms with van der Waals surface area (Å²) in [6, 6.07) is 5.66. The molecular weight excluding hydrogens is 333 g/mol. The Morgan fingerprint density at radius 1 is 1.40 bits per heavy atom. The average molecular weight is 341 g/mol. The molecule has 0 heterocycles. The quantitative estimate of drug-likeness (QED) is 0.493. The maximum Gasteiger partial charge on any atom is 0.296 e. The van der Waals surface area contributed by atoms with E-state index in [0.29, 0.717) is 0 Å². The number of rotatable bonds is 3. The van der Waals surface area contributed by atoms with Crippen LogP contribution in [0, 0.1) is 0 Å². The maximum atomic E-state index is 11.1. The molecule has 5 nitrogen and oxygen atoms in total. The SMILES string of the molecule is O=C(CI)Nc1ccccc1S(=O)(=O)O. The minimum Gasteiger partial charge on any atom is -0.324 e. The van der Waals surface area contributed by atoms with Crippen LogP contribution >= 0.6 is 22.6 Å². The molecule has 2 N–H and O–H groups in total. The number of alkyl halides is 1. The fourth-order valence-electron chi connectivity index (χ4n) is 0.978. The van der Waals surface area contributed by atoms with Gasteiger partial charge < -0.3 is 5.32 Å². The van der Waals surface area contributed by atoms with E-state index in [-0.39, 0.29) is 20.9 Å². The molecule has 0 fully saturated rings. The molecule has 7 heteroatoms. The van der Waals surface area contributed by atoms with E-state index >= 15 is 0 Å². The lowest BCUT2D eigenvalue weighted by atomic mass is 10.3. The normalized spacial score (nSPS) is 11.1. The summed E-state index contributed by atoms with van der Waals surface area (Å²) < 4.78 is 30.9. The van der Waals surface area contributed by atoms with Crippen LogP contribution < -0.4 is 5.32 Å². The van der Waals surface area contributed by atoms with Crippen LogP contribution in [0.1, 0.15) is 0 Å². The van der Waals surface area contributed by atoms with E-state index in [2.05, 4.69) is 5.32 Å². The number of para-hydroxylation sites is 1. The molecule has 15 heavy (non-hydrogen) atoms. The molecule has 1 amide bonds. The minimum atomic E-state index is -4.30. The average Bonchev–Trinajstić information content (AvgIpc) is 2.17. The van der Waals surface area contributed by atoms with E-state index in [4.69, 9.17) is 4.55 Å². The van der Waals surface area contributed by atoms with Crippen molar-refractivity contribution in [3.8, 4) is 0 Å². The number of anilines is 1. The molecule has 0 unspecified atom stereocenters. The monoisotopic (exact) mass is 341 g/mol. The molecule has 1 aromatic rings. The highest BCUT2D eigenvalue weighted by molar-refractivity contribution is 14.1. The molecule has 82 valence electrons. The number of carbonyl (C=O) groups excluding carboxylic acids is 1. The van der Waals surface area contributed by atoms with Crippen LogP contribution in [0.2, 0.25) is 0 Å². The number of benzene rings is 1. The van der Waals surface area contributed by atoms with Gasteiger partial charge in [-0.1, -0.05) is 34.7 Å². The number of hydrogen-bond donors (Lipinski definition) is 2. The summed E-state index contributed by atoms with van der Waals surface area (Å²) in [7, 11) is -4.30. The van der Waals surface area contributed by atoms with Gasteiger partial charge >= 0.3 is 0 Å². The van der Waals surface area contributed by atoms with Gasteiger partial charge in [0.25, 0.3) is 10.1 Å². The van der Waals surface area contributed by atoms with Gasteiger partial charge in [0.05, 0.1) is 10.1 Å². The molecule has 1 rings (SSSR count). The lowest BCUT2D eigenvalue weighted by Crippen LogP contribution is -2.14. The van der Waals surface area contributed by atoms with E-state index in [1.54, 1.807) is 6.07 Å². The van der Waals surface area contributed by atoms with Gasteiger partial charge in [0.1, 0.15) is 4.90 Å². The Labute approximate surface area is 101 Å². The van der Waals surface area contributed by atoms with Crippen molar-refractivity contribution < 1.29 is 17.8 Å². The summed E-state index contributed by atoms with van der Waals surface area (Å²) in [5.41, 5.74) is 0.0849. The van der Waals surface area contributed by atoms with Crippen LogP contribution in [0.5, 0.6) is 0 Å². The Hall–Kier alpha value is -0.670. The zero-order valence-corrected chi connectivity index (χ0v) is 10.4. The summed E-state index contributed by atoms with van der Waals surface area (Å²) in [5, 5.41) is 2.38. The van der Waals surface area contributed by atoms with Crippen molar-refractivity contribution >= 4 is 44.3 Å². The highest BCUT2D eigenvalue weighted by Crippen LogP contribution is 2.20. The third kappa shape index (κ3) is 3.43. The van der Waals surface area contributed by atoms with Gasteiger partial charge in [-0.25, -0.2) is 0 Å². The van der Waals surface area contributed by atoms with Crippen molar-refractivity contribution in [3.05, 3.63) is 24.3 Å². The highest BCUT2D eigenvalue weighted by atomic mass is 127. The van der Waals surface area contributed by atoms with Crippen LogP contribution in [0.25, 0.3) is 0 Å². The number of hydrogen-bond acceptors (Lipinski definition) is 3. The first-order valence-corrected chi connectivity index (χ1v) is 6.84. The number of amides is 1. The van der Waals surface area contributed by atoms with E-state index in [0.717, 1.165) is 0 Å². The van der Waals surface area contributed by atoms with Crippen molar-refractivity contribution in [2.45, 2.75) is 4.90 Å². The molecule has 0 aliphatic rings. The van der Waals surface area contributed by atoms with Crippen molar-refractivity contribution in [2.75, 3.05) is 9.74 Å². The fourth-order valence-corrected chi connectivity index (χ4v) is 1.82. The number of halogens is 1. The standard InChI is InChI=1S/C8H8INO4S/c9-5-8(11)10-6-3-1-2-4-7(6)15(12,13)14/h1-4H,5H2,(H,10,11)(H,12,13,14). The van der Waals surface area contributed by atoms with Crippen LogP contribution in [0.3, 0.4) is 0 Å². The van der Waals surface area contributed by atoms with Gasteiger partial charge in [-0.05, 0) is 12.1 Å². The van der Waals surface area contributed by atoms with Gasteiger partial charge in [0, 0.05) is 0 Å². The zero-order chi connectivity index (χ0) is 11.5. The Balaban J connectivity index is 3.13. The zero-order valence-electron chi connectivity index (χ0n) is 7.47. The summed E-state index contributed by atoms with van der Waals surface area (Å²) in [6.07, 6.45) is 0. The first kappa shape index (κ1) is 12.4. The fraction of sp³-hybridized carbons (Fsp3) is 0.125. The largest absolute Gasteiger partial charge is 0.324 e. The maximum absolute atomic E-state index is 11.1.